The SMILES string of the molecule is Cc1cnc(CN(CCO)C2CCCC2)c(C)c1N. The van der Waals surface area contributed by atoms with Gasteiger partial charge in [-0.05, 0) is 37.8 Å². The van der Waals surface area contributed by atoms with Gasteiger partial charge in [0, 0.05) is 31.0 Å². The molecule has 1 aliphatic carbocycles. The Hall–Kier alpha value is -1.13. The highest BCUT2D eigenvalue weighted by molar-refractivity contribution is 5.53. The molecule has 1 aromatic heterocycles. The van der Waals surface area contributed by atoms with Crippen LogP contribution in [0.4, 0.5) is 5.69 Å². The zero-order chi connectivity index (χ0) is 13.8. The molecule has 2 rings (SSSR count). The van der Waals surface area contributed by atoms with Gasteiger partial charge in [0.2, 0.25) is 0 Å². The molecule has 0 unspecified atom stereocenters. The molecule has 0 atom stereocenters. The summed E-state index contributed by atoms with van der Waals surface area (Å²) in [4.78, 5) is 6.89. The van der Waals surface area contributed by atoms with Gasteiger partial charge in [-0.15, -0.1) is 0 Å². The molecule has 0 spiro atoms. The van der Waals surface area contributed by atoms with E-state index >= 15 is 0 Å². The first kappa shape index (κ1) is 14.3. The highest BCUT2D eigenvalue weighted by Crippen LogP contribution is 2.26. The van der Waals surface area contributed by atoms with Crippen molar-refractivity contribution in [1.29, 1.82) is 0 Å². The number of hydrogen-bond donors (Lipinski definition) is 2. The lowest BCUT2D eigenvalue weighted by Crippen LogP contribution is -2.35. The van der Waals surface area contributed by atoms with Crippen molar-refractivity contribution in [2.24, 2.45) is 0 Å². The van der Waals surface area contributed by atoms with Gasteiger partial charge in [0.25, 0.3) is 0 Å². The summed E-state index contributed by atoms with van der Waals surface area (Å²) in [5.74, 6) is 0. The zero-order valence-electron chi connectivity index (χ0n) is 12.0. The number of nitrogens with zero attached hydrogens (tertiary/aromatic N) is 2. The molecule has 0 radical (unpaired) electrons. The van der Waals surface area contributed by atoms with Crippen LogP contribution in [-0.4, -0.2) is 34.2 Å². The Morgan fingerprint density at radius 1 is 1.37 bits per heavy atom. The van der Waals surface area contributed by atoms with Crippen molar-refractivity contribution < 1.29 is 5.11 Å². The number of aliphatic hydroxyl groups excluding tert-OH is 1. The van der Waals surface area contributed by atoms with E-state index in [9.17, 15) is 5.11 Å². The van der Waals surface area contributed by atoms with E-state index in [0.717, 1.165) is 35.6 Å². The number of aromatic nitrogens is 1. The molecule has 0 aliphatic heterocycles. The maximum absolute atomic E-state index is 9.26. The van der Waals surface area contributed by atoms with E-state index in [-0.39, 0.29) is 6.61 Å². The summed E-state index contributed by atoms with van der Waals surface area (Å²) in [5.41, 5.74) is 10.1. The molecule has 1 saturated carbocycles. The molecule has 1 fully saturated rings. The normalized spacial score (nSPS) is 16.4. The van der Waals surface area contributed by atoms with Gasteiger partial charge in [-0.25, -0.2) is 0 Å². The number of nitrogens with two attached hydrogens (primary N) is 1. The predicted octanol–water partition coefficient (Wildman–Crippen LogP) is 2.02. The van der Waals surface area contributed by atoms with E-state index in [4.69, 9.17) is 5.73 Å². The maximum atomic E-state index is 9.26. The van der Waals surface area contributed by atoms with Crippen LogP contribution in [0.5, 0.6) is 0 Å². The second kappa shape index (κ2) is 6.35. The molecule has 0 amide bonds. The largest absolute Gasteiger partial charge is 0.398 e. The molecule has 0 aromatic carbocycles. The van der Waals surface area contributed by atoms with Gasteiger partial charge >= 0.3 is 0 Å². The molecule has 1 aromatic rings. The van der Waals surface area contributed by atoms with Crippen molar-refractivity contribution in [3.8, 4) is 0 Å². The summed E-state index contributed by atoms with van der Waals surface area (Å²) < 4.78 is 0. The number of anilines is 1. The lowest BCUT2D eigenvalue weighted by Gasteiger charge is -2.28. The lowest BCUT2D eigenvalue weighted by molar-refractivity contribution is 0.143. The Balaban J connectivity index is 2.14. The van der Waals surface area contributed by atoms with Crippen LogP contribution in [0.15, 0.2) is 6.20 Å². The Labute approximate surface area is 115 Å². The van der Waals surface area contributed by atoms with Crippen LogP contribution < -0.4 is 5.73 Å². The summed E-state index contributed by atoms with van der Waals surface area (Å²) in [6.45, 7) is 5.75. The minimum Gasteiger partial charge on any atom is -0.398 e. The van der Waals surface area contributed by atoms with Gasteiger partial charge in [-0.2, -0.15) is 0 Å². The van der Waals surface area contributed by atoms with E-state index in [1.807, 2.05) is 20.0 Å². The van der Waals surface area contributed by atoms with Crippen LogP contribution in [0, 0.1) is 13.8 Å². The first-order chi connectivity index (χ1) is 9.13. The van der Waals surface area contributed by atoms with Crippen molar-refractivity contribution >= 4 is 5.69 Å². The fraction of sp³-hybridized carbons (Fsp3) is 0.667. The van der Waals surface area contributed by atoms with Gasteiger partial charge in [0.05, 0.1) is 12.3 Å². The molecule has 106 valence electrons. The molecule has 0 saturated heterocycles. The van der Waals surface area contributed by atoms with Crippen LogP contribution in [0.3, 0.4) is 0 Å². The third kappa shape index (κ3) is 3.25. The van der Waals surface area contributed by atoms with Gasteiger partial charge in [0.1, 0.15) is 0 Å². The van der Waals surface area contributed by atoms with Crippen molar-refractivity contribution in [3.63, 3.8) is 0 Å². The second-order valence-electron chi connectivity index (χ2n) is 5.56. The van der Waals surface area contributed by atoms with Crippen molar-refractivity contribution in [1.82, 2.24) is 9.88 Å². The number of nitrogen functional groups attached to an aromatic ring is 1. The molecule has 4 nitrogen and oxygen atoms in total. The highest BCUT2D eigenvalue weighted by Gasteiger charge is 2.23. The van der Waals surface area contributed by atoms with E-state index in [1.54, 1.807) is 0 Å². The summed E-state index contributed by atoms with van der Waals surface area (Å²) in [6, 6.07) is 0.593. The lowest BCUT2D eigenvalue weighted by atomic mass is 10.1. The number of rotatable bonds is 5. The zero-order valence-corrected chi connectivity index (χ0v) is 12.0. The molecule has 4 heteroatoms. The topological polar surface area (TPSA) is 62.4 Å². The van der Waals surface area contributed by atoms with Crippen LogP contribution >= 0.6 is 0 Å². The van der Waals surface area contributed by atoms with Crippen molar-refractivity contribution in [2.75, 3.05) is 18.9 Å². The first-order valence-electron chi connectivity index (χ1n) is 7.19. The number of hydrogen-bond acceptors (Lipinski definition) is 4. The maximum Gasteiger partial charge on any atom is 0.0593 e. The highest BCUT2D eigenvalue weighted by atomic mass is 16.3. The Kier molecular flexibility index (Phi) is 4.77. The summed E-state index contributed by atoms with van der Waals surface area (Å²) in [7, 11) is 0. The second-order valence-corrected chi connectivity index (χ2v) is 5.56. The summed E-state index contributed by atoms with van der Waals surface area (Å²) in [6.07, 6.45) is 6.92. The van der Waals surface area contributed by atoms with E-state index in [2.05, 4.69) is 9.88 Å². The molecular weight excluding hydrogens is 238 g/mol. The van der Waals surface area contributed by atoms with Gasteiger partial charge in [-0.1, -0.05) is 12.8 Å². The monoisotopic (exact) mass is 263 g/mol. The van der Waals surface area contributed by atoms with E-state index in [0.29, 0.717) is 6.04 Å². The number of aryl methyl sites for hydroxylation is 1. The van der Waals surface area contributed by atoms with Crippen LogP contribution in [0.2, 0.25) is 0 Å². The number of pyridine rings is 1. The Bertz CT molecular complexity index is 428. The fourth-order valence-corrected chi connectivity index (χ4v) is 2.93. The van der Waals surface area contributed by atoms with Crippen molar-refractivity contribution in [3.05, 3.63) is 23.0 Å². The smallest absolute Gasteiger partial charge is 0.0593 e. The quantitative estimate of drug-likeness (QED) is 0.853. The van der Waals surface area contributed by atoms with Gasteiger partial charge in [0.15, 0.2) is 0 Å². The standard InChI is InChI=1S/C15H25N3O/c1-11-9-17-14(12(2)15(11)16)10-18(7-8-19)13-5-3-4-6-13/h9,13,19H,3-8,10H2,1-2H3,(H2,16,17). The molecular formula is C15H25N3O. The van der Waals surface area contributed by atoms with Crippen LogP contribution in [0.25, 0.3) is 0 Å². The average Bonchev–Trinajstić information content (AvgIpc) is 2.92. The van der Waals surface area contributed by atoms with Crippen LogP contribution in [-0.2, 0) is 6.54 Å². The van der Waals surface area contributed by atoms with Crippen LogP contribution in [0.1, 0.15) is 42.5 Å². The molecule has 3 N–H and O–H groups in total. The molecule has 1 heterocycles. The third-order valence-corrected chi connectivity index (χ3v) is 4.26. The molecule has 19 heavy (non-hydrogen) atoms. The molecule has 1 aliphatic rings. The minimum absolute atomic E-state index is 0.205. The fourth-order valence-electron chi connectivity index (χ4n) is 2.93. The Morgan fingerprint density at radius 2 is 2.05 bits per heavy atom. The van der Waals surface area contributed by atoms with E-state index < -0.39 is 0 Å². The predicted molar refractivity (Wildman–Crippen MR) is 77.9 cm³/mol. The third-order valence-electron chi connectivity index (χ3n) is 4.26. The Morgan fingerprint density at radius 3 is 2.68 bits per heavy atom. The van der Waals surface area contributed by atoms with Gasteiger partial charge < -0.3 is 10.8 Å². The van der Waals surface area contributed by atoms with E-state index in [1.165, 1.54) is 25.7 Å². The minimum atomic E-state index is 0.205. The number of aliphatic hydroxyl groups is 1. The summed E-state index contributed by atoms with van der Waals surface area (Å²) >= 11 is 0. The first-order valence-corrected chi connectivity index (χ1v) is 7.19. The van der Waals surface area contributed by atoms with Gasteiger partial charge in [-0.3, -0.25) is 9.88 Å². The summed E-state index contributed by atoms with van der Waals surface area (Å²) in [5, 5.41) is 9.26. The molecule has 0 bridgehead atoms. The average molecular weight is 263 g/mol. The van der Waals surface area contributed by atoms with Crippen molar-refractivity contribution in [2.45, 2.75) is 52.1 Å².